The van der Waals surface area contributed by atoms with Crippen LogP contribution in [-0.2, 0) is 4.79 Å². The third-order valence-corrected chi connectivity index (χ3v) is 3.48. The van der Waals surface area contributed by atoms with E-state index in [1.165, 1.54) is 6.08 Å². The summed E-state index contributed by atoms with van der Waals surface area (Å²) in [5.74, 6) is -0.0426. The molecule has 6 heteroatoms. The highest BCUT2D eigenvalue weighted by molar-refractivity contribution is 6.34. The molecule has 3 nitrogen and oxygen atoms in total. The molecule has 0 saturated carbocycles. The van der Waals surface area contributed by atoms with Crippen LogP contribution >= 0.6 is 35.6 Å². The summed E-state index contributed by atoms with van der Waals surface area (Å²) in [5, 5.41) is 1.16. The van der Waals surface area contributed by atoms with Crippen molar-refractivity contribution < 1.29 is 4.79 Å². The van der Waals surface area contributed by atoms with Gasteiger partial charge in [-0.3, -0.25) is 4.79 Å². The largest absolute Gasteiger partial charge is 0.338 e. The molecule has 0 aromatic heterocycles. The Kier molecular flexibility index (Phi) is 6.14. The van der Waals surface area contributed by atoms with Crippen LogP contribution in [0.15, 0.2) is 24.3 Å². The maximum atomic E-state index is 11.9. The molecule has 0 aliphatic carbocycles. The zero-order valence-corrected chi connectivity index (χ0v) is 12.5. The van der Waals surface area contributed by atoms with Crippen LogP contribution in [0, 0.1) is 0 Å². The first kappa shape index (κ1) is 16.3. The average Bonchev–Trinajstić information content (AvgIpc) is 2.77. The third kappa shape index (κ3) is 4.39. The summed E-state index contributed by atoms with van der Waals surface area (Å²) in [4.78, 5) is 13.6. The predicted octanol–water partition coefficient (Wildman–Crippen LogP) is 2.99. The Bertz CT molecular complexity index is 491. The van der Waals surface area contributed by atoms with Gasteiger partial charge < -0.3 is 10.6 Å². The van der Waals surface area contributed by atoms with E-state index in [-0.39, 0.29) is 24.4 Å². The third-order valence-electron chi connectivity index (χ3n) is 2.90. The highest BCUT2D eigenvalue weighted by atomic mass is 35.5. The Morgan fingerprint density at radius 1 is 1.42 bits per heavy atom. The fourth-order valence-electron chi connectivity index (χ4n) is 1.90. The maximum Gasteiger partial charge on any atom is 0.246 e. The number of halogens is 3. The van der Waals surface area contributed by atoms with Crippen LogP contribution in [0.3, 0.4) is 0 Å². The van der Waals surface area contributed by atoms with Crippen molar-refractivity contribution in [1.29, 1.82) is 0 Å². The van der Waals surface area contributed by atoms with E-state index in [1.54, 1.807) is 29.2 Å². The van der Waals surface area contributed by atoms with Gasteiger partial charge in [-0.05, 0) is 36.3 Å². The van der Waals surface area contributed by atoms with Crippen LogP contribution in [0.25, 0.3) is 6.08 Å². The molecule has 104 valence electrons. The van der Waals surface area contributed by atoms with Crippen molar-refractivity contribution in [2.75, 3.05) is 13.1 Å². The van der Waals surface area contributed by atoms with Gasteiger partial charge in [0.2, 0.25) is 5.91 Å². The lowest BCUT2D eigenvalue weighted by atomic mass is 10.2. The van der Waals surface area contributed by atoms with Gasteiger partial charge in [0.25, 0.3) is 0 Å². The fraction of sp³-hybridized carbons (Fsp3) is 0.308. The number of rotatable bonds is 2. The normalized spacial score (nSPS) is 18.7. The molecule has 2 N–H and O–H groups in total. The summed E-state index contributed by atoms with van der Waals surface area (Å²) in [7, 11) is 0. The van der Waals surface area contributed by atoms with Crippen LogP contribution < -0.4 is 5.73 Å². The molecule has 0 radical (unpaired) electrons. The van der Waals surface area contributed by atoms with Gasteiger partial charge in [0.1, 0.15) is 0 Å². The number of nitrogens with zero attached hydrogens (tertiary/aromatic N) is 1. The van der Waals surface area contributed by atoms with E-state index in [9.17, 15) is 4.79 Å². The monoisotopic (exact) mass is 320 g/mol. The Morgan fingerprint density at radius 2 is 2.16 bits per heavy atom. The van der Waals surface area contributed by atoms with E-state index in [1.807, 2.05) is 0 Å². The number of carbonyl (C=O) groups is 1. The molecule has 1 aliphatic heterocycles. The maximum absolute atomic E-state index is 11.9. The van der Waals surface area contributed by atoms with E-state index in [4.69, 9.17) is 28.9 Å². The molecular formula is C13H15Cl3N2O. The van der Waals surface area contributed by atoms with Gasteiger partial charge in [0.05, 0.1) is 0 Å². The number of hydrogen-bond acceptors (Lipinski definition) is 2. The van der Waals surface area contributed by atoms with Crippen LogP contribution in [-0.4, -0.2) is 29.9 Å². The lowest BCUT2D eigenvalue weighted by molar-refractivity contribution is -0.124. The number of benzene rings is 1. The smallest absolute Gasteiger partial charge is 0.246 e. The van der Waals surface area contributed by atoms with Crippen molar-refractivity contribution in [2.24, 2.45) is 5.73 Å². The number of amides is 1. The lowest BCUT2D eigenvalue weighted by Crippen LogP contribution is -2.30. The number of nitrogens with two attached hydrogens (primary N) is 1. The van der Waals surface area contributed by atoms with Gasteiger partial charge in [-0.15, -0.1) is 12.4 Å². The molecule has 19 heavy (non-hydrogen) atoms. The van der Waals surface area contributed by atoms with E-state index in [0.29, 0.717) is 23.1 Å². The van der Waals surface area contributed by atoms with Crippen LogP contribution in [0.2, 0.25) is 10.0 Å². The summed E-state index contributed by atoms with van der Waals surface area (Å²) in [6.07, 6.45) is 4.05. The van der Waals surface area contributed by atoms with Gasteiger partial charge in [-0.2, -0.15) is 0 Å². The van der Waals surface area contributed by atoms with Crippen molar-refractivity contribution in [3.05, 3.63) is 39.9 Å². The van der Waals surface area contributed by atoms with Crippen molar-refractivity contribution in [1.82, 2.24) is 4.90 Å². The van der Waals surface area contributed by atoms with Gasteiger partial charge in [0, 0.05) is 35.3 Å². The Morgan fingerprint density at radius 3 is 2.79 bits per heavy atom. The second-order valence-corrected chi connectivity index (χ2v) is 5.18. The van der Waals surface area contributed by atoms with Crippen molar-refractivity contribution in [3.63, 3.8) is 0 Å². The zero-order chi connectivity index (χ0) is 13.1. The van der Waals surface area contributed by atoms with Gasteiger partial charge in [-0.25, -0.2) is 0 Å². The van der Waals surface area contributed by atoms with Crippen molar-refractivity contribution in [3.8, 4) is 0 Å². The highest BCUT2D eigenvalue weighted by Gasteiger charge is 2.21. The first-order valence-corrected chi connectivity index (χ1v) is 6.49. The van der Waals surface area contributed by atoms with Crippen molar-refractivity contribution >= 4 is 47.6 Å². The van der Waals surface area contributed by atoms with E-state index < -0.39 is 0 Å². The molecule has 1 atom stereocenters. The lowest BCUT2D eigenvalue weighted by Gasteiger charge is -2.12. The van der Waals surface area contributed by atoms with Crippen molar-refractivity contribution in [2.45, 2.75) is 12.5 Å². The topological polar surface area (TPSA) is 46.3 Å². The van der Waals surface area contributed by atoms with E-state index in [2.05, 4.69) is 0 Å². The Balaban J connectivity index is 0.00000180. The molecule has 1 heterocycles. The summed E-state index contributed by atoms with van der Waals surface area (Å²) >= 11 is 11.9. The molecular weight excluding hydrogens is 307 g/mol. The molecule has 1 aliphatic rings. The van der Waals surface area contributed by atoms with Crippen LogP contribution in [0.4, 0.5) is 0 Å². The first-order valence-electron chi connectivity index (χ1n) is 5.74. The van der Waals surface area contributed by atoms with E-state index in [0.717, 1.165) is 12.0 Å². The second kappa shape index (κ2) is 7.15. The molecule has 1 aromatic carbocycles. The number of likely N-dealkylation sites (tertiary alicyclic amines) is 1. The minimum Gasteiger partial charge on any atom is -0.338 e. The van der Waals surface area contributed by atoms with E-state index >= 15 is 0 Å². The zero-order valence-electron chi connectivity index (χ0n) is 10.2. The molecule has 0 spiro atoms. The Labute approximate surface area is 128 Å². The van der Waals surface area contributed by atoms with Crippen LogP contribution in [0.1, 0.15) is 12.0 Å². The minimum absolute atomic E-state index is 0. The Hall–Kier alpha value is -0.740. The molecule has 1 unspecified atom stereocenters. The van der Waals surface area contributed by atoms with Crippen LogP contribution in [0.5, 0.6) is 0 Å². The minimum atomic E-state index is -0.0426. The average molecular weight is 322 g/mol. The molecule has 1 saturated heterocycles. The highest BCUT2D eigenvalue weighted by Crippen LogP contribution is 2.22. The summed E-state index contributed by atoms with van der Waals surface area (Å²) < 4.78 is 0. The summed E-state index contributed by atoms with van der Waals surface area (Å²) in [6, 6.07) is 5.24. The second-order valence-electron chi connectivity index (χ2n) is 4.33. The first-order chi connectivity index (χ1) is 8.56. The van der Waals surface area contributed by atoms with Gasteiger partial charge in [0.15, 0.2) is 0 Å². The molecule has 1 amide bonds. The fourth-order valence-corrected chi connectivity index (χ4v) is 2.26. The van der Waals surface area contributed by atoms with Gasteiger partial charge in [-0.1, -0.05) is 23.2 Å². The quantitative estimate of drug-likeness (QED) is 0.851. The SMILES string of the molecule is Cl.NC1CCN(C(=O)/C=C/c2cc(Cl)ccc2Cl)C1. The van der Waals surface area contributed by atoms with Gasteiger partial charge >= 0.3 is 0 Å². The summed E-state index contributed by atoms with van der Waals surface area (Å²) in [6.45, 7) is 1.33. The molecule has 2 rings (SSSR count). The standard InChI is InChI=1S/C13H14Cl2N2O.ClH/c14-10-2-3-12(15)9(7-10)1-4-13(18)17-6-5-11(16)8-17;/h1-4,7,11H,5-6,8,16H2;1H/b4-1+;. The predicted molar refractivity (Wildman–Crippen MR) is 81.9 cm³/mol. The molecule has 0 bridgehead atoms. The number of carbonyl (C=O) groups excluding carboxylic acids is 1. The number of hydrogen-bond donors (Lipinski definition) is 1. The molecule has 1 aromatic rings. The molecule has 1 fully saturated rings. The summed E-state index contributed by atoms with van der Waals surface area (Å²) in [5.41, 5.74) is 6.49.